The quantitative estimate of drug-likeness (QED) is 0.890. The molecule has 0 aromatic heterocycles. The number of hydrogen-bond acceptors (Lipinski definition) is 2. The first-order valence-electron chi connectivity index (χ1n) is 6.50. The van der Waals surface area contributed by atoms with E-state index >= 15 is 0 Å². The van der Waals surface area contributed by atoms with Gasteiger partial charge in [-0.25, -0.2) is 0 Å². The van der Waals surface area contributed by atoms with Crippen molar-refractivity contribution in [1.82, 2.24) is 0 Å². The number of amides is 1. The SMILES string of the molecule is Cc1ccc2c(c1)C(C)(C)[C@@H](C)N2CCC(N)=O. The maximum Gasteiger partial charge on any atom is 0.219 e. The van der Waals surface area contributed by atoms with Gasteiger partial charge in [-0.15, -0.1) is 0 Å². The van der Waals surface area contributed by atoms with Gasteiger partial charge in [-0.2, -0.15) is 0 Å². The van der Waals surface area contributed by atoms with Crippen LogP contribution in [0, 0.1) is 6.92 Å². The maximum atomic E-state index is 11.0. The van der Waals surface area contributed by atoms with Crippen LogP contribution in [-0.4, -0.2) is 18.5 Å². The van der Waals surface area contributed by atoms with Crippen molar-refractivity contribution >= 4 is 11.6 Å². The molecule has 1 aromatic rings. The summed E-state index contributed by atoms with van der Waals surface area (Å²) in [4.78, 5) is 13.3. The lowest BCUT2D eigenvalue weighted by molar-refractivity contribution is -0.117. The average Bonchev–Trinajstić information content (AvgIpc) is 2.46. The second-order valence-corrected chi connectivity index (χ2v) is 5.83. The molecule has 0 fully saturated rings. The molecule has 2 rings (SSSR count). The molecule has 0 radical (unpaired) electrons. The number of benzene rings is 1. The van der Waals surface area contributed by atoms with E-state index in [0.29, 0.717) is 19.0 Å². The smallest absolute Gasteiger partial charge is 0.219 e. The topological polar surface area (TPSA) is 46.3 Å². The summed E-state index contributed by atoms with van der Waals surface area (Å²) in [5, 5.41) is 0. The normalized spacial score (nSPS) is 20.9. The van der Waals surface area contributed by atoms with Crippen molar-refractivity contribution in [2.75, 3.05) is 11.4 Å². The van der Waals surface area contributed by atoms with Crippen LogP contribution in [0.5, 0.6) is 0 Å². The third-order valence-electron chi connectivity index (χ3n) is 4.27. The van der Waals surface area contributed by atoms with E-state index in [1.807, 2.05) is 0 Å². The van der Waals surface area contributed by atoms with Crippen LogP contribution in [0.15, 0.2) is 18.2 Å². The van der Waals surface area contributed by atoms with E-state index in [4.69, 9.17) is 5.73 Å². The molecule has 1 aliphatic heterocycles. The molecule has 1 heterocycles. The van der Waals surface area contributed by atoms with Gasteiger partial charge in [-0.3, -0.25) is 4.79 Å². The standard InChI is InChI=1S/C15H22N2O/c1-10-5-6-13-12(9-10)15(3,4)11(2)17(13)8-7-14(16)18/h5-6,9,11H,7-8H2,1-4H3,(H2,16,18)/t11-/m1/s1. The highest BCUT2D eigenvalue weighted by atomic mass is 16.1. The van der Waals surface area contributed by atoms with Crippen LogP contribution in [-0.2, 0) is 10.2 Å². The summed E-state index contributed by atoms with van der Waals surface area (Å²) >= 11 is 0. The van der Waals surface area contributed by atoms with Crippen molar-refractivity contribution in [3.8, 4) is 0 Å². The van der Waals surface area contributed by atoms with Crippen LogP contribution < -0.4 is 10.6 Å². The highest BCUT2D eigenvalue weighted by Gasteiger charge is 2.41. The summed E-state index contributed by atoms with van der Waals surface area (Å²) < 4.78 is 0. The molecule has 1 amide bonds. The summed E-state index contributed by atoms with van der Waals surface area (Å²) in [5.41, 5.74) is 9.28. The Bertz CT molecular complexity index is 479. The highest BCUT2D eigenvalue weighted by Crippen LogP contribution is 2.45. The van der Waals surface area contributed by atoms with Crippen molar-refractivity contribution < 1.29 is 4.79 Å². The van der Waals surface area contributed by atoms with Crippen molar-refractivity contribution in [3.05, 3.63) is 29.3 Å². The molecule has 1 atom stereocenters. The number of nitrogens with two attached hydrogens (primary N) is 1. The zero-order chi connectivity index (χ0) is 13.5. The zero-order valence-electron chi connectivity index (χ0n) is 11.7. The predicted molar refractivity (Wildman–Crippen MR) is 74.8 cm³/mol. The van der Waals surface area contributed by atoms with Gasteiger partial charge in [0.25, 0.3) is 0 Å². The van der Waals surface area contributed by atoms with Crippen LogP contribution in [0.4, 0.5) is 5.69 Å². The molecule has 0 bridgehead atoms. The van der Waals surface area contributed by atoms with Crippen LogP contribution >= 0.6 is 0 Å². The van der Waals surface area contributed by atoms with Gasteiger partial charge in [0.2, 0.25) is 5.91 Å². The minimum Gasteiger partial charge on any atom is -0.370 e. The van der Waals surface area contributed by atoms with Crippen LogP contribution in [0.25, 0.3) is 0 Å². The number of carbonyl (C=O) groups excluding carboxylic acids is 1. The predicted octanol–water partition coefficient (Wildman–Crippen LogP) is 2.36. The Hall–Kier alpha value is -1.51. The molecule has 2 N–H and O–H groups in total. The van der Waals surface area contributed by atoms with Gasteiger partial charge < -0.3 is 10.6 Å². The Balaban J connectivity index is 2.37. The fraction of sp³-hybridized carbons (Fsp3) is 0.533. The van der Waals surface area contributed by atoms with E-state index in [0.717, 1.165) is 0 Å². The largest absolute Gasteiger partial charge is 0.370 e. The summed E-state index contributed by atoms with van der Waals surface area (Å²) in [6.07, 6.45) is 0.410. The third-order valence-corrected chi connectivity index (χ3v) is 4.27. The van der Waals surface area contributed by atoms with Crippen molar-refractivity contribution in [2.24, 2.45) is 5.73 Å². The lowest BCUT2D eigenvalue weighted by atomic mass is 9.81. The molecular formula is C15H22N2O. The van der Waals surface area contributed by atoms with Crippen LogP contribution in [0.1, 0.15) is 38.3 Å². The van der Waals surface area contributed by atoms with Gasteiger partial charge in [-0.1, -0.05) is 31.5 Å². The Morgan fingerprint density at radius 2 is 2.11 bits per heavy atom. The second kappa shape index (κ2) is 4.30. The van der Waals surface area contributed by atoms with E-state index in [1.54, 1.807) is 0 Å². The number of hydrogen-bond donors (Lipinski definition) is 1. The molecule has 0 aliphatic carbocycles. The molecule has 18 heavy (non-hydrogen) atoms. The summed E-state index contributed by atoms with van der Waals surface area (Å²) in [6, 6.07) is 6.94. The molecular weight excluding hydrogens is 224 g/mol. The minimum atomic E-state index is -0.236. The third kappa shape index (κ3) is 1.98. The Labute approximate surface area is 109 Å². The number of aryl methyl sites for hydroxylation is 1. The first kappa shape index (κ1) is 12.9. The fourth-order valence-corrected chi connectivity index (χ4v) is 2.78. The molecule has 3 nitrogen and oxygen atoms in total. The molecule has 1 aliphatic rings. The molecule has 98 valence electrons. The minimum absolute atomic E-state index is 0.110. The fourth-order valence-electron chi connectivity index (χ4n) is 2.78. The van der Waals surface area contributed by atoms with Crippen LogP contribution in [0.2, 0.25) is 0 Å². The molecule has 0 unspecified atom stereocenters. The number of fused-ring (bicyclic) bond motifs is 1. The molecule has 1 aromatic carbocycles. The molecule has 3 heteroatoms. The van der Waals surface area contributed by atoms with E-state index in [2.05, 4.69) is 50.8 Å². The first-order chi connectivity index (χ1) is 8.34. The Morgan fingerprint density at radius 3 is 2.72 bits per heavy atom. The van der Waals surface area contributed by atoms with Gasteiger partial charge in [0.1, 0.15) is 0 Å². The molecule has 0 spiro atoms. The molecule has 0 saturated carbocycles. The summed E-state index contributed by atoms with van der Waals surface area (Å²) in [5.74, 6) is -0.236. The van der Waals surface area contributed by atoms with Crippen LogP contribution in [0.3, 0.4) is 0 Å². The van der Waals surface area contributed by atoms with Crippen molar-refractivity contribution in [2.45, 2.75) is 45.6 Å². The van der Waals surface area contributed by atoms with Gasteiger partial charge in [0, 0.05) is 30.1 Å². The van der Waals surface area contributed by atoms with E-state index in [1.165, 1.54) is 16.8 Å². The lowest BCUT2D eigenvalue weighted by Crippen LogP contribution is -2.40. The summed E-state index contributed by atoms with van der Waals surface area (Å²) in [7, 11) is 0. The Kier molecular flexibility index (Phi) is 3.09. The van der Waals surface area contributed by atoms with E-state index < -0.39 is 0 Å². The Morgan fingerprint density at radius 1 is 1.44 bits per heavy atom. The number of anilines is 1. The highest BCUT2D eigenvalue weighted by molar-refractivity contribution is 5.75. The van der Waals surface area contributed by atoms with E-state index in [-0.39, 0.29) is 11.3 Å². The lowest BCUT2D eigenvalue weighted by Gasteiger charge is -2.31. The van der Waals surface area contributed by atoms with Crippen molar-refractivity contribution in [1.29, 1.82) is 0 Å². The average molecular weight is 246 g/mol. The first-order valence-corrected chi connectivity index (χ1v) is 6.50. The second-order valence-electron chi connectivity index (χ2n) is 5.83. The van der Waals surface area contributed by atoms with Gasteiger partial charge in [0.05, 0.1) is 0 Å². The van der Waals surface area contributed by atoms with Gasteiger partial charge >= 0.3 is 0 Å². The number of nitrogens with zero attached hydrogens (tertiary/aromatic N) is 1. The van der Waals surface area contributed by atoms with E-state index in [9.17, 15) is 4.79 Å². The zero-order valence-corrected chi connectivity index (χ0v) is 11.7. The molecule has 0 saturated heterocycles. The number of primary amides is 1. The number of carbonyl (C=O) groups is 1. The summed E-state index contributed by atoms with van der Waals surface area (Å²) in [6.45, 7) is 9.57. The van der Waals surface area contributed by atoms with Gasteiger partial charge in [-0.05, 0) is 25.5 Å². The maximum absolute atomic E-state index is 11.0. The van der Waals surface area contributed by atoms with Crippen molar-refractivity contribution in [3.63, 3.8) is 0 Å². The van der Waals surface area contributed by atoms with Gasteiger partial charge in [0.15, 0.2) is 0 Å². The monoisotopic (exact) mass is 246 g/mol. The number of rotatable bonds is 3.